The highest BCUT2D eigenvalue weighted by Crippen LogP contribution is 2.41. The Morgan fingerprint density at radius 2 is 1.97 bits per heavy atom. The molecule has 2 bridgehead atoms. The maximum Gasteiger partial charge on any atom is 0.276 e. The van der Waals surface area contributed by atoms with Crippen LogP contribution in [0, 0.1) is 5.92 Å². The van der Waals surface area contributed by atoms with Crippen LogP contribution in [0.2, 0.25) is 0 Å². The number of hydrogen-bond donors (Lipinski definition) is 1. The molecule has 2 aromatic heterocycles. The number of carbonyl (C=O) groups is 1. The Morgan fingerprint density at radius 1 is 1.14 bits per heavy atom. The number of carbonyl (C=O) groups excluding carboxylic acids is 1. The quantitative estimate of drug-likeness (QED) is 0.740. The molecule has 5 rings (SSSR count). The molecule has 0 saturated carbocycles. The standard InChI is InChI=1S/C22H21N3O4/c26-13-19-16-9-15(18-7-4-8-21(27)25(18)19)11-24(12-16)22(28)17-10-20(29-23-17)14-5-2-1-3-6-14/h1-8,10,15-16,19,26H,9,11-13H2/t15-,16+,19+/m1/s1. The molecule has 1 saturated heterocycles. The summed E-state index contributed by atoms with van der Waals surface area (Å²) in [5.41, 5.74) is 1.92. The molecule has 148 valence electrons. The van der Waals surface area contributed by atoms with Crippen molar-refractivity contribution in [2.75, 3.05) is 19.7 Å². The monoisotopic (exact) mass is 391 g/mol. The van der Waals surface area contributed by atoms with Crippen molar-refractivity contribution in [2.24, 2.45) is 5.92 Å². The number of benzene rings is 1. The molecular formula is C22H21N3O4. The van der Waals surface area contributed by atoms with E-state index in [1.54, 1.807) is 21.6 Å². The van der Waals surface area contributed by atoms with Gasteiger partial charge in [0.1, 0.15) is 0 Å². The van der Waals surface area contributed by atoms with Gasteiger partial charge in [0.25, 0.3) is 11.5 Å². The van der Waals surface area contributed by atoms with E-state index < -0.39 is 0 Å². The van der Waals surface area contributed by atoms with Crippen molar-refractivity contribution in [3.05, 3.63) is 76.3 Å². The lowest BCUT2D eigenvalue weighted by Gasteiger charge is -2.46. The molecular weight excluding hydrogens is 370 g/mol. The van der Waals surface area contributed by atoms with E-state index in [1.165, 1.54) is 6.07 Å². The molecule has 3 atom stereocenters. The molecule has 0 spiro atoms. The zero-order valence-electron chi connectivity index (χ0n) is 15.8. The van der Waals surface area contributed by atoms with Crippen LogP contribution in [0.15, 0.2) is 63.9 Å². The number of hydrogen-bond acceptors (Lipinski definition) is 5. The molecule has 29 heavy (non-hydrogen) atoms. The Morgan fingerprint density at radius 3 is 2.76 bits per heavy atom. The zero-order valence-corrected chi connectivity index (χ0v) is 15.8. The summed E-state index contributed by atoms with van der Waals surface area (Å²) in [6.45, 7) is 0.873. The van der Waals surface area contributed by atoms with Crippen LogP contribution in [-0.4, -0.2) is 45.3 Å². The van der Waals surface area contributed by atoms with E-state index in [4.69, 9.17) is 4.52 Å². The number of amides is 1. The fourth-order valence-corrected chi connectivity index (χ4v) is 4.72. The second-order valence-electron chi connectivity index (χ2n) is 7.75. The summed E-state index contributed by atoms with van der Waals surface area (Å²) in [5.74, 6) is 0.455. The van der Waals surface area contributed by atoms with E-state index in [9.17, 15) is 14.7 Å². The number of piperidine rings is 1. The molecule has 1 fully saturated rings. The van der Waals surface area contributed by atoms with Crippen molar-refractivity contribution in [3.8, 4) is 11.3 Å². The van der Waals surface area contributed by atoms with Gasteiger partial charge >= 0.3 is 0 Å². The Hall–Kier alpha value is -3.19. The summed E-state index contributed by atoms with van der Waals surface area (Å²) in [6.07, 6.45) is 0.854. The number of likely N-dealkylation sites (tertiary alicyclic amines) is 1. The third-order valence-corrected chi connectivity index (χ3v) is 6.06. The first kappa shape index (κ1) is 17.9. The van der Waals surface area contributed by atoms with Gasteiger partial charge in [0.15, 0.2) is 11.5 Å². The lowest BCUT2D eigenvalue weighted by Crippen LogP contribution is -2.51. The van der Waals surface area contributed by atoms with E-state index in [2.05, 4.69) is 5.16 Å². The van der Waals surface area contributed by atoms with Gasteiger partial charge in [0, 0.05) is 48.3 Å². The van der Waals surface area contributed by atoms with E-state index in [0.29, 0.717) is 18.8 Å². The number of aromatic nitrogens is 2. The van der Waals surface area contributed by atoms with Crippen LogP contribution in [0.25, 0.3) is 11.3 Å². The summed E-state index contributed by atoms with van der Waals surface area (Å²) in [4.78, 5) is 27.3. The molecule has 3 aromatic rings. The van der Waals surface area contributed by atoms with Gasteiger partial charge in [-0.15, -0.1) is 0 Å². The molecule has 7 heteroatoms. The first-order chi connectivity index (χ1) is 14.2. The number of aliphatic hydroxyl groups excluding tert-OH is 1. The van der Waals surface area contributed by atoms with Crippen LogP contribution in [0.3, 0.4) is 0 Å². The number of aliphatic hydroxyl groups is 1. The van der Waals surface area contributed by atoms with Crippen LogP contribution in [0.5, 0.6) is 0 Å². The summed E-state index contributed by atoms with van der Waals surface area (Å²) >= 11 is 0. The molecule has 4 heterocycles. The molecule has 1 aromatic carbocycles. The van der Waals surface area contributed by atoms with Crippen molar-refractivity contribution < 1.29 is 14.4 Å². The van der Waals surface area contributed by atoms with Crippen LogP contribution in [-0.2, 0) is 0 Å². The van der Waals surface area contributed by atoms with Gasteiger partial charge in [-0.3, -0.25) is 9.59 Å². The average molecular weight is 391 g/mol. The fourth-order valence-electron chi connectivity index (χ4n) is 4.72. The largest absolute Gasteiger partial charge is 0.394 e. The summed E-state index contributed by atoms with van der Waals surface area (Å²) < 4.78 is 7.10. The van der Waals surface area contributed by atoms with Crippen molar-refractivity contribution in [2.45, 2.75) is 18.4 Å². The third kappa shape index (κ3) is 2.98. The van der Waals surface area contributed by atoms with Crippen LogP contribution in [0.1, 0.15) is 34.6 Å². The lowest BCUT2D eigenvalue weighted by atomic mass is 9.78. The van der Waals surface area contributed by atoms with Gasteiger partial charge in [0.05, 0.1) is 12.6 Å². The van der Waals surface area contributed by atoms with Gasteiger partial charge in [-0.25, -0.2) is 0 Å². The Labute approximate surface area is 167 Å². The first-order valence-corrected chi connectivity index (χ1v) is 9.79. The minimum atomic E-state index is -0.317. The van der Waals surface area contributed by atoms with E-state index in [0.717, 1.165) is 17.7 Å². The average Bonchev–Trinajstić information content (AvgIpc) is 3.25. The SMILES string of the molecule is O=C(c1cc(-c2ccccc2)on1)N1C[C@H]2C[C@@H](C1)[C@H](CO)n1c2cccc1=O. The normalized spacial score (nSPS) is 22.9. The number of pyridine rings is 1. The van der Waals surface area contributed by atoms with Crippen LogP contribution >= 0.6 is 0 Å². The second kappa shape index (κ2) is 7.00. The van der Waals surface area contributed by atoms with Gasteiger partial charge in [-0.2, -0.15) is 0 Å². The number of fused-ring (bicyclic) bond motifs is 4. The number of rotatable bonds is 3. The van der Waals surface area contributed by atoms with Gasteiger partial charge in [0.2, 0.25) is 0 Å². The Balaban J connectivity index is 1.44. The Kier molecular flexibility index (Phi) is 4.32. The molecule has 0 unspecified atom stereocenters. The minimum absolute atomic E-state index is 0.0239. The number of nitrogens with zero attached hydrogens (tertiary/aromatic N) is 3. The second-order valence-corrected chi connectivity index (χ2v) is 7.75. The Bertz CT molecular complexity index is 1100. The highest BCUT2D eigenvalue weighted by molar-refractivity contribution is 5.93. The summed E-state index contributed by atoms with van der Waals surface area (Å²) in [6, 6.07) is 16.1. The summed E-state index contributed by atoms with van der Waals surface area (Å²) in [7, 11) is 0. The first-order valence-electron chi connectivity index (χ1n) is 9.79. The topological polar surface area (TPSA) is 88.6 Å². The van der Waals surface area contributed by atoms with E-state index in [1.807, 2.05) is 36.4 Å². The summed E-state index contributed by atoms with van der Waals surface area (Å²) in [5, 5.41) is 13.9. The minimum Gasteiger partial charge on any atom is -0.394 e. The van der Waals surface area contributed by atoms with Gasteiger partial charge in [-0.05, 0) is 12.5 Å². The molecule has 0 radical (unpaired) electrons. The van der Waals surface area contributed by atoms with E-state index >= 15 is 0 Å². The van der Waals surface area contributed by atoms with E-state index in [-0.39, 0.29) is 41.6 Å². The maximum absolute atomic E-state index is 13.1. The highest BCUT2D eigenvalue weighted by atomic mass is 16.5. The van der Waals surface area contributed by atoms with Crippen molar-refractivity contribution >= 4 is 5.91 Å². The molecule has 0 aliphatic carbocycles. The van der Waals surface area contributed by atoms with Gasteiger partial charge in [-0.1, -0.05) is 41.6 Å². The van der Waals surface area contributed by atoms with Gasteiger partial charge < -0.3 is 19.1 Å². The smallest absolute Gasteiger partial charge is 0.276 e. The predicted molar refractivity (Wildman–Crippen MR) is 106 cm³/mol. The van der Waals surface area contributed by atoms with Crippen molar-refractivity contribution in [1.82, 2.24) is 14.6 Å². The molecule has 2 aliphatic heterocycles. The molecule has 1 amide bonds. The zero-order chi connectivity index (χ0) is 20.0. The third-order valence-electron chi connectivity index (χ3n) is 6.06. The highest BCUT2D eigenvalue weighted by Gasteiger charge is 2.42. The fraction of sp³-hybridized carbons (Fsp3) is 0.318. The lowest BCUT2D eigenvalue weighted by molar-refractivity contribution is 0.0430. The predicted octanol–water partition coefficient (Wildman–Crippen LogP) is 2.30. The molecule has 1 N–H and O–H groups in total. The van der Waals surface area contributed by atoms with Crippen molar-refractivity contribution in [3.63, 3.8) is 0 Å². The maximum atomic E-state index is 13.1. The van der Waals surface area contributed by atoms with Crippen LogP contribution in [0.4, 0.5) is 0 Å². The van der Waals surface area contributed by atoms with Crippen LogP contribution < -0.4 is 5.56 Å². The molecule has 7 nitrogen and oxygen atoms in total. The van der Waals surface area contributed by atoms with Crippen molar-refractivity contribution in [1.29, 1.82) is 0 Å². The molecule has 2 aliphatic rings.